The third kappa shape index (κ3) is 10.3. The highest BCUT2D eigenvalue weighted by atomic mass is 32.2. The molecule has 0 bridgehead atoms. The topological polar surface area (TPSA) is 138 Å². The monoisotopic (exact) mass is 690 g/mol. The van der Waals surface area contributed by atoms with Crippen LogP contribution in [0.25, 0.3) is 0 Å². The van der Waals surface area contributed by atoms with E-state index >= 15 is 0 Å². The van der Waals surface area contributed by atoms with E-state index in [0.717, 1.165) is 62.8 Å². The number of hydrogen-bond acceptors (Lipinski definition) is 7. The van der Waals surface area contributed by atoms with Gasteiger partial charge in [0.1, 0.15) is 11.6 Å². The van der Waals surface area contributed by atoms with Crippen molar-refractivity contribution in [3.05, 3.63) is 53.8 Å². The smallest absolute Gasteiger partial charge is 0.317 e. The van der Waals surface area contributed by atoms with Gasteiger partial charge in [-0.2, -0.15) is 0 Å². The third-order valence-corrected chi connectivity index (χ3v) is 10.6. The van der Waals surface area contributed by atoms with E-state index in [1.807, 2.05) is 13.8 Å². The lowest BCUT2D eigenvalue weighted by atomic mass is 9.96. The molecule has 2 aromatic rings. The zero-order chi connectivity index (χ0) is 34.8. The van der Waals surface area contributed by atoms with Crippen LogP contribution in [-0.2, 0) is 14.8 Å². The summed E-state index contributed by atoms with van der Waals surface area (Å²) in [4.78, 5) is 30.5. The van der Waals surface area contributed by atoms with Crippen LogP contribution in [0.1, 0.15) is 82.5 Å². The van der Waals surface area contributed by atoms with Crippen molar-refractivity contribution in [1.82, 2.24) is 15.1 Å². The second-order valence-corrected chi connectivity index (χ2v) is 14.9. The number of amides is 3. The molecule has 0 spiro atoms. The van der Waals surface area contributed by atoms with E-state index in [2.05, 4.69) is 10.0 Å². The lowest BCUT2D eigenvalue weighted by Gasteiger charge is -2.36. The number of aliphatic hydroxyl groups is 1. The fraction of sp³-hybridized carbons (Fsp3) is 0.600. The highest BCUT2D eigenvalue weighted by Gasteiger charge is 2.31. The van der Waals surface area contributed by atoms with Crippen LogP contribution in [0.4, 0.5) is 14.9 Å². The van der Waals surface area contributed by atoms with E-state index in [-0.39, 0.29) is 53.4 Å². The first-order chi connectivity index (χ1) is 22.9. The lowest BCUT2D eigenvalue weighted by Crippen LogP contribution is -2.50. The number of halogens is 1. The van der Waals surface area contributed by atoms with Crippen molar-refractivity contribution in [2.45, 2.75) is 101 Å². The van der Waals surface area contributed by atoms with E-state index in [4.69, 9.17) is 9.47 Å². The van der Waals surface area contributed by atoms with Crippen LogP contribution in [0.15, 0.2) is 47.4 Å². The van der Waals surface area contributed by atoms with Crippen molar-refractivity contribution in [2.75, 3.05) is 38.1 Å². The zero-order valence-corrected chi connectivity index (χ0v) is 29.3. The SMILES string of the molecule is C[C@@H]1CCCCO[C@H](CN(C)C(=O)NC2CCCCC2)[C@H](C)CN([C@@H](C)CO)C(=O)c2cc(NS(=O)(=O)c3ccc(F)cc3)ccc2O1. The average Bonchev–Trinajstić information content (AvgIpc) is 3.06. The normalized spacial score (nSPS) is 22.5. The summed E-state index contributed by atoms with van der Waals surface area (Å²) >= 11 is 0. The molecule has 4 rings (SSSR count). The molecule has 0 saturated heterocycles. The number of anilines is 1. The van der Waals surface area contributed by atoms with Crippen molar-refractivity contribution in [3.8, 4) is 5.75 Å². The van der Waals surface area contributed by atoms with Crippen molar-refractivity contribution < 1.29 is 37.0 Å². The number of fused-ring (bicyclic) bond motifs is 1. The number of aliphatic hydroxyl groups excluding tert-OH is 1. The van der Waals surface area contributed by atoms with Crippen LogP contribution >= 0.6 is 0 Å². The Labute approximate surface area is 284 Å². The van der Waals surface area contributed by atoms with Gasteiger partial charge in [-0.1, -0.05) is 26.2 Å². The Bertz CT molecular complexity index is 1470. The maximum absolute atomic E-state index is 14.3. The fourth-order valence-corrected chi connectivity index (χ4v) is 7.21. The minimum Gasteiger partial charge on any atom is -0.490 e. The minimum absolute atomic E-state index is 0.125. The summed E-state index contributed by atoms with van der Waals surface area (Å²) in [5.41, 5.74) is 0.257. The van der Waals surface area contributed by atoms with Gasteiger partial charge in [0.05, 0.1) is 35.3 Å². The standard InChI is InChI=1S/C35H51FN4O7S/c1-24-21-40(25(2)23-41)34(42)31-20-29(38-48(44,45)30-16-13-27(36)14-17-30)15-18-32(31)47-26(3)10-8-9-19-46-33(24)22-39(4)35(43)37-28-11-6-5-7-12-28/h13-18,20,24-26,28,33,38,41H,5-12,19,21-23H2,1-4H3,(H,37,43)/t24-,25+,26-,33-/m1/s1. The van der Waals surface area contributed by atoms with E-state index in [9.17, 15) is 27.5 Å². The Hall–Kier alpha value is -3.42. The first-order valence-corrected chi connectivity index (χ1v) is 18.5. The second kappa shape index (κ2) is 17.3. The average molecular weight is 691 g/mol. The van der Waals surface area contributed by atoms with E-state index in [0.29, 0.717) is 25.3 Å². The van der Waals surface area contributed by atoms with Crippen LogP contribution in [0.3, 0.4) is 0 Å². The molecule has 1 fully saturated rings. The number of rotatable bonds is 8. The summed E-state index contributed by atoms with van der Waals surface area (Å²) in [6, 6.07) is 8.38. The molecule has 0 aromatic heterocycles. The van der Waals surface area contributed by atoms with E-state index in [1.165, 1.54) is 18.6 Å². The number of hydrogen-bond donors (Lipinski definition) is 3. The molecule has 0 unspecified atom stereocenters. The van der Waals surface area contributed by atoms with Gasteiger partial charge in [-0.15, -0.1) is 0 Å². The maximum atomic E-state index is 14.3. The Morgan fingerprint density at radius 2 is 1.75 bits per heavy atom. The summed E-state index contributed by atoms with van der Waals surface area (Å²) in [5.74, 6) is -0.956. The van der Waals surface area contributed by atoms with Gasteiger partial charge >= 0.3 is 6.03 Å². The van der Waals surface area contributed by atoms with Gasteiger partial charge in [0.2, 0.25) is 0 Å². The number of likely N-dealkylation sites (N-methyl/N-ethyl adjacent to an activating group) is 1. The van der Waals surface area contributed by atoms with Gasteiger partial charge in [0.15, 0.2) is 0 Å². The molecule has 3 amide bonds. The molecule has 0 radical (unpaired) electrons. The molecule has 48 heavy (non-hydrogen) atoms. The number of nitrogens with zero attached hydrogens (tertiary/aromatic N) is 2. The summed E-state index contributed by atoms with van der Waals surface area (Å²) in [6.45, 7) is 6.29. The molecule has 1 heterocycles. The first kappa shape index (κ1) is 37.4. The molecule has 13 heteroatoms. The molecule has 4 atom stereocenters. The Balaban J connectivity index is 1.61. The van der Waals surface area contributed by atoms with Crippen molar-refractivity contribution in [3.63, 3.8) is 0 Å². The van der Waals surface area contributed by atoms with Crippen LogP contribution in [0, 0.1) is 11.7 Å². The Morgan fingerprint density at radius 3 is 2.44 bits per heavy atom. The van der Waals surface area contributed by atoms with Crippen molar-refractivity contribution >= 4 is 27.6 Å². The number of benzene rings is 2. The van der Waals surface area contributed by atoms with Gasteiger partial charge in [-0.25, -0.2) is 17.6 Å². The Morgan fingerprint density at radius 1 is 1.06 bits per heavy atom. The highest BCUT2D eigenvalue weighted by molar-refractivity contribution is 7.92. The van der Waals surface area contributed by atoms with Crippen LogP contribution < -0.4 is 14.8 Å². The highest BCUT2D eigenvalue weighted by Crippen LogP contribution is 2.30. The van der Waals surface area contributed by atoms with E-state index < -0.39 is 33.9 Å². The zero-order valence-electron chi connectivity index (χ0n) is 28.5. The summed E-state index contributed by atoms with van der Waals surface area (Å²) in [6.07, 6.45) is 7.00. The predicted molar refractivity (Wildman–Crippen MR) is 182 cm³/mol. The molecule has 266 valence electrons. The van der Waals surface area contributed by atoms with Crippen LogP contribution in [0.2, 0.25) is 0 Å². The maximum Gasteiger partial charge on any atom is 0.317 e. The van der Waals surface area contributed by atoms with Crippen LogP contribution in [0.5, 0.6) is 5.75 Å². The third-order valence-electron chi connectivity index (χ3n) is 9.16. The molecule has 1 saturated carbocycles. The molecule has 3 N–H and O–H groups in total. The first-order valence-electron chi connectivity index (χ1n) is 17.0. The second-order valence-electron chi connectivity index (χ2n) is 13.2. The lowest BCUT2D eigenvalue weighted by molar-refractivity contribution is -0.0123. The molecule has 1 aliphatic heterocycles. The number of ether oxygens (including phenoxy) is 2. The summed E-state index contributed by atoms with van der Waals surface area (Å²) < 4.78 is 54.7. The van der Waals surface area contributed by atoms with Gasteiger partial charge in [-0.05, 0) is 88.4 Å². The van der Waals surface area contributed by atoms with Crippen molar-refractivity contribution in [1.29, 1.82) is 0 Å². The molecule has 2 aromatic carbocycles. The molecule has 1 aliphatic carbocycles. The summed E-state index contributed by atoms with van der Waals surface area (Å²) in [7, 11) is -2.34. The molecule has 2 aliphatic rings. The van der Waals surface area contributed by atoms with Gasteiger partial charge < -0.3 is 29.7 Å². The van der Waals surface area contributed by atoms with E-state index in [1.54, 1.807) is 29.8 Å². The molecular formula is C35H51FN4O7S. The molecular weight excluding hydrogens is 639 g/mol. The number of nitrogens with one attached hydrogen (secondary N) is 2. The predicted octanol–water partition coefficient (Wildman–Crippen LogP) is 5.40. The van der Waals surface area contributed by atoms with Gasteiger partial charge in [0, 0.05) is 44.4 Å². The fourth-order valence-electron chi connectivity index (χ4n) is 6.16. The number of carbonyl (C=O) groups excluding carboxylic acids is 2. The number of urea groups is 1. The Kier molecular flexibility index (Phi) is 13.5. The summed E-state index contributed by atoms with van der Waals surface area (Å²) in [5, 5.41) is 13.4. The van der Waals surface area contributed by atoms with Crippen molar-refractivity contribution in [2.24, 2.45) is 5.92 Å². The van der Waals surface area contributed by atoms with Crippen LogP contribution in [-0.4, -0.2) is 92.9 Å². The number of carbonyl (C=O) groups is 2. The number of sulfonamides is 1. The van der Waals surface area contributed by atoms with Gasteiger partial charge in [0.25, 0.3) is 15.9 Å². The minimum atomic E-state index is -4.09. The quantitative estimate of drug-likeness (QED) is 0.338. The largest absolute Gasteiger partial charge is 0.490 e. The van der Waals surface area contributed by atoms with Gasteiger partial charge in [-0.3, -0.25) is 9.52 Å². The molecule has 11 nitrogen and oxygen atoms in total.